The summed E-state index contributed by atoms with van der Waals surface area (Å²) in [5.41, 5.74) is 1.98. The van der Waals surface area contributed by atoms with E-state index in [0.29, 0.717) is 0 Å². The molecule has 0 atom stereocenters. The minimum absolute atomic E-state index is 0.729. The van der Waals surface area contributed by atoms with E-state index in [2.05, 4.69) is 36.2 Å². The van der Waals surface area contributed by atoms with E-state index in [0.717, 1.165) is 55.7 Å². The lowest BCUT2D eigenvalue weighted by Gasteiger charge is -2.32. The summed E-state index contributed by atoms with van der Waals surface area (Å²) in [4.78, 5) is 2.48. The Morgan fingerprint density at radius 3 is 2.67 bits per heavy atom. The van der Waals surface area contributed by atoms with Gasteiger partial charge in [-0.1, -0.05) is 32.0 Å². The van der Waals surface area contributed by atoms with E-state index >= 15 is 0 Å². The van der Waals surface area contributed by atoms with Crippen molar-refractivity contribution in [3.05, 3.63) is 35.4 Å². The quantitative estimate of drug-likeness (QED) is 0.873. The molecule has 3 nitrogen and oxygen atoms in total. The van der Waals surface area contributed by atoms with E-state index in [4.69, 9.17) is 5.26 Å². The van der Waals surface area contributed by atoms with Gasteiger partial charge in [0, 0.05) is 6.54 Å². The van der Waals surface area contributed by atoms with E-state index in [1.807, 2.05) is 18.2 Å². The molecule has 1 heterocycles. The molecule has 1 aromatic carbocycles. The second-order valence-corrected chi connectivity index (χ2v) is 6.54. The predicted molar refractivity (Wildman–Crippen MR) is 86.9 cm³/mol. The van der Waals surface area contributed by atoms with Crippen molar-refractivity contribution in [2.24, 2.45) is 11.8 Å². The molecule has 0 saturated carbocycles. The first-order chi connectivity index (χ1) is 10.2. The van der Waals surface area contributed by atoms with Crippen LogP contribution in [0, 0.1) is 23.2 Å². The zero-order chi connectivity index (χ0) is 15.1. The molecule has 1 saturated heterocycles. The topological polar surface area (TPSA) is 39.1 Å². The van der Waals surface area contributed by atoms with Crippen LogP contribution in [-0.2, 0) is 6.54 Å². The maximum atomic E-state index is 9.16. The van der Waals surface area contributed by atoms with Gasteiger partial charge in [-0.15, -0.1) is 0 Å². The smallest absolute Gasteiger partial charge is 0.0995 e. The van der Waals surface area contributed by atoms with Crippen molar-refractivity contribution < 1.29 is 0 Å². The molecular weight excluding hydrogens is 258 g/mol. The SMILES string of the molecule is CC(C)CNCC1CCN(Cc2ccccc2C#N)CC1. The molecule has 0 radical (unpaired) electrons. The van der Waals surface area contributed by atoms with Crippen LogP contribution >= 0.6 is 0 Å². The highest BCUT2D eigenvalue weighted by Gasteiger charge is 2.19. The molecule has 3 heteroatoms. The van der Waals surface area contributed by atoms with Gasteiger partial charge in [-0.3, -0.25) is 4.90 Å². The van der Waals surface area contributed by atoms with Gasteiger partial charge in [-0.25, -0.2) is 0 Å². The van der Waals surface area contributed by atoms with Crippen LogP contribution in [0.25, 0.3) is 0 Å². The first-order valence-corrected chi connectivity index (χ1v) is 8.10. The van der Waals surface area contributed by atoms with Gasteiger partial charge in [0.2, 0.25) is 0 Å². The van der Waals surface area contributed by atoms with Crippen molar-refractivity contribution in [1.82, 2.24) is 10.2 Å². The Bertz CT molecular complexity index is 468. The minimum atomic E-state index is 0.729. The molecule has 114 valence electrons. The summed E-state index contributed by atoms with van der Waals surface area (Å²) < 4.78 is 0. The highest BCUT2D eigenvalue weighted by molar-refractivity contribution is 5.37. The van der Waals surface area contributed by atoms with Gasteiger partial charge in [0.05, 0.1) is 11.6 Å². The van der Waals surface area contributed by atoms with Crippen LogP contribution in [0.5, 0.6) is 0 Å². The Morgan fingerprint density at radius 2 is 2.00 bits per heavy atom. The van der Waals surface area contributed by atoms with Crippen molar-refractivity contribution in [3.8, 4) is 6.07 Å². The predicted octanol–water partition coefficient (Wildman–Crippen LogP) is 3.02. The molecule has 21 heavy (non-hydrogen) atoms. The Morgan fingerprint density at radius 1 is 1.29 bits per heavy atom. The summed E-state index contributed by atoms with van der Waals surface area (Å²) in [6, 6.07) is 10.3. The first kappa shape index (κ1) is 16.0. The van der Waals surface area contributed by atoms with E-state index in [1.54, 1.807) is 0 Å². The van der Waals surface area contributed by atoms with Crippen LogP contribution in [-0.4, -0.2) is 31.1 Å². The molecule has 1 aliphatic heterocycles. The monoisotopic (exact) mass is 285 g/mol. The number of hydrogen-bond donors (Lipinski definition) is 1. The Labute approximate surface area is 129 Å². The lowest BCUT2D eigenvalue weighted by Crippen LogP contribution is -2.37. The molecule has 1 aliphatic rings. The second-order valence-electron chi connectivity index (χ2n) is 6.54. The Kier molecular flexibility index (Phi) is 6.22. The number of nitrogens with one attached hydrogen (secondary N) is 1. The van der Waals surface area contributed by atoms with Crippen molar-refractivity contribution >= 4 is 0 Å². The lowest BCUT2D eigenvalue weighted by molar-refractivity contribution is 0.175. The number of likely N-dealkylation sites (tertiary alicyclic amines) is 1. The van der Waals surface area contributed by atoms with Crippen LogP contribution in [0.4, 0.5) is 0 Å². The number of rotatable bonds is 6. The van der Waals surface area contributed by atoms with Crippen LogP contribution in [0.3, 0.4) is 0 Å². The summed E-state index contributed by atoms with van der Waals surface area (Å²) in [6.07, 6.45) is 2.53. The third kappa shape index (κ3) is 5.15. The number of hydrogen-bond acceptors (Lipinski definition) is 3. The normalized spacial score (nSPS) is 17.0. The van der Waals surface area contributed by atoms with E-state index in [1.165, 1.54) is 12.8 Å². The minimum Gasteiger partial charge on any atom is -0.316 e. The van der Waals surface area contributed by atoms with Crippen molar-refractivity contribution in [1.29, 1.82) is 5.26 Å². The standard InChI is InChI=1S/C18H27N3/c1-15(2)12-20-13-16-7-9-21(10-8-16)14-18-6-4-3-5-17(18)11-19/h3-6,15-16,20H,7-10,12-14H2,1-2H3. The van der Waals surface area contributed by atoms with Gasteiger partial charge in [0.25, 0.3) is 0 Å². The van der Waals surface area contributed by atoms with E-state index in [9.17, 15) is 0 Å². The zero-order valence-corrected chi connectivity index (χ0v) is 13.3. The van der Waals surface area contributed by atoms with Crippen molar-refractivity contribution in [2.45, 2.75) is 33.2 Å². The van der Waals surface area contributed by atoms with Gasteiger partial charge in [0.1, 0.15) is 0 Å². The third-order valence-corrected chi connectivity index (χ3v) is 4.22. The molecule has 0 spiro atoms. The summed E-state index contributed by atoms with van der Waals surface area (Å²) in [5, 5.41) is 12.7. The average Bonchev–Trinajstić information content (AvgIpc) is 2.49. The molecule has 1 N–H and O–H groups in total. The van der Waals surface area contributed by atoms with Gasteiger partial charge in [0.15, 0.2) is 0 Å². The number of benzene rings is 1. The van der Waals surface area contributed by atoms with Gasteiger partial charge >= 0.3 is 0 Å². The molecule has 0 aliphatic carbocycles. The van der Waals surface area contributed by atoms with E-state index < -0.39 is 0 Å². The zero-order valence-electron chi connectivity index (χ0n) is 13.3. The third-order valence-electron chi connectivity index (χ3n) is 4.22. The fourth-order valence-electron chi connectivity index (χ4n) is 2.93. The molecule has 1 aromatic rings. The second kappa shape index (κ2) is 8.17. The molecular formula is C18H27N3. The average molecular weight is 285 g/mol. The molecule has 1 fully saturated rings. The molecule has 0 unspecified atom stereocenters. The van der Waals surface area contributed by atoms with Crippen molar-refractivity contribution in [2.75, 3.05) is 26.2 Å². The van der Waals surface area contributed by atoms with Gasteiger partial charge in [-0.2, -0.15) is 5.26 Å². The maximum absolute atomic E-state index is 9.16. The van der Waals surface area contributed by atoms with Crippen LogP contribution in [0.2, 0.25) is 0 Å². The van der Waals surface area contributed by atoms with Gasteiger partial charge in [-0.05, 0) is 62.5 Å². The van der Waals surface area contributed by atoms with Crippen LogP contribution in [0.15, 0.2) is 24.3 Å². The molecule has 0 aromatic heterocycles. The highest BCUT2D eigenvalue weighted by Crippen LogP contribution is 2.19. The highest BCUT2D eigenvalue weighted by atomic mass is 15.1. The summed E-state index contributed by atoms with van der Waals surface area (Å²) in [7, 11) is 0. The summed E-state index contributed by atoms with van der Waals surface area (Å²) in [5.74, 6) is 1.54. The van der Waals surface area contributed by atoms with Crippen LogP contribution in [0.1, 0.15) is 37.8 Å². The Hall–Kier alpha value is -1.37. The maximum Gasteiger partial charge on any atom is 0.0995 e. The number of nitriles is 1. The fraction of sp³-hybridized carbons (Fsp3) is 0.611. The number of nitrogens with zero attached hydrogens (tertiary/aromatic N) is 2. The summed E-state index contributed by atoms with van der Waals surface area (Å²) in [6.45, 7) is 9.98. The molecule has 0 bridgehead atoms. The fourth-order valence-corrected chi connectivity index (χ4v) is 2.93. The molecule has 2 rings (SSSR count). The summed E-state index contributed by atoms with van der Waals surface area (Å²) >= 11 is 0. The van der Waals surface area contributed by atoms with Crippen molar-refractivity contribution in [3.63, 3.8) is 0 Å². The Balaban J connectivity index is 1.75. The van der Waals surface area contributed by atoms with E-state index in [-0.39, 0.29) is 0 Å². The van der Waals surface area contributed by atoms with Gasteiger partial charge < -0.3 is 5.32 Å². The number of piperidine rings is 1. The largest absolute Gasteiger partial charge is 0.316 e. The van der Waals surface area contributed by atoms with Crippen LogP contribution < -0.4 is 5.32 Å². The molecule has 0 amide bonds. The lowest BCUT2D eigenvalue weighted by atomic mass is 9.96. The first-order valence-electron chi connectivity index (χ1n) is 8.10.